The second kappa shape index (κ2) is 14.0. The van der Waals surface area contributed by atoms with Gasteiger partial charge in [0.05, 0.1) is 7.11 Å². The third-order valence-corrected chi connectivity index (χ3v) is 7.21. The molecule has 1 aromatic rings. The Morgan fingerprint density at radius 1 is 1.03 bits per heavy atom. The molecule has 3 fully saturated rings. The van der Waals surface area contributed by atoms with Crippen LogP contribution in [0.15, 0.2) is 18.2 Å². The Bertz CT molecular complexity index is 909. The lowest BCUT2D eigenvalue weighted by molar-refractivity contribution is -0.137. The van der Waals surface area contributed by atoms with Crippen LogP contribution in [0.25, 0.3) is 0 Å². The number of nitrogens with zero attached hydrogens (tertiary/aromatic N) is 2. The molecule has 9 heteroatoms. The molecule has 198 valence electrons. The van der Waals surface area contributed by atoms with E-state index in [2.05, 4.69) is 22.0 Å². The van der Waals surface area contributed by atoms with Crippen LogP contribution in [0.4, 0.5) is 0 Å². The highest BCUT2D eigenvalue weighted by Crippen LogP contribution is 2.30. The predicted molar refractivity (Wildman–Crippen MR) is 134 cm³/mol. The van der Waals surface area contributed by atoms with Gasteiger partial charge in [-0.1, -0.05) is 38.5 Å². The summed E-state index contributed by atoms with van der Waals surface area (Å²) in [6.45, 7) is 2.49. The molecule has 0 aromatic heterocycles. The van der Waals surface area contributed by atoms with Crippen LogP contribution in [0.1, 0.15) is 80.1 Å². The van der Waals surface area contributed by atoms with Crippen molar-refractivity contribution in [3.05, 3.63) is 29.3 Å². The first kappa shape index (κ1) is 27.6. The zero-order valence-electron chi connectivity index (χ0n) is 21.5. The summed E-state index contributed by atoms with van der Waals surface area (Å²) in [6.07, 6.45) is 11.8. The van der Waals surface area contributed by atoms with Gasteiger partial charge < -0.3 is 19.3 Å². The fourth-order valence-electron chi connectivity index (χ4n) is 5.07. The van der Waals surface area contributed by atoms with Crippen molar-refractivity contribution in [2.75, 3.05) is 27.3 Å². The van der Waals surface area contributed by atoms with Gasteiger partial charge in [0.1, 0.15) is 18.4 Å². The SMILES string of the molecule is C1CCCC1.CN1CCCCC1COc1ccc2c(c1)CN(C1CCC(=O)NC1=O)C2=O.COC=O. The molecule has 3 heterocycles. The predicted octanol–water partition coefficient (Wildman–Crippen LogP) is 3.05. The Hall–Kier alpha value is -2.94. The van der Waals surface area contributed by atoms with E-state index in [1.54, 1.807) is 11.0 Å². The average Bonchev–Trinajstić information content (AvgIpc) is 3.56. The lowest BCUT2D eigenvalue weighted by Crippen LogP contribution is -2.52. The Balaban J connectivity index is 0.000000341. The zero-order chi connectivity index (χ0) is 25.9. The quantitative estimate of drug-likeness (QED) is 0.488. The third-order valence-electron chi connectivity index (χ3n) is 7.21. The number of imide groups is 1. The van der Waals surface area contributed by atoms with Crippen molar-refractivity contribution in [1.82, 2.24) is 15.1 Å². The van der Waals surface area contributed by atoms with E-state index in [1.165, 1.54) is 52.1 Å². The van der Waals surface area contributed by atoms with Gasteiger partial charge in [0.25, 0.3) is 12.4 Å². The summed E-state index contributed by atoms with van der Waals surface area (Å²) in [6, 6.07) is 5.36. The first-order valence-corrected chi connectivity index (χ1v) is 13.0. The number of likely N-dealkylation sites (N-methyl/N-ethyl adjacent to an activating group) is 1. The lowest BCUT2D eigenvalue weighted by atomic mass is 10.0. The van der Waals surface area contributed by atoms with Gasteiger partial charge in [-0.3, -0.25) is 24.5 Å². The van der Waals surface area contributed by atoms with Crippen LogP contribution in [0.5, 0.6) is 5.75 Å². The monoisotopic (exact) mass is 501 g/mol. The molecule has 2 atom stereocenters. The summed E-state index contributed by atoms with van der Waals surface area (Å²) in [5.74, 6) is -0.0586. The van der Waals surface area contributed by atoms with Gasteiger partial charge in [0.15, 0.2) is 0 Å². The number of nitrogens with one attached hydrogen (secondary N) is 1. The summed E-state index contributed by atoms with van der Waals surface area (Å²) in [5, 5.41) is 2.32. The molecule has 1 aliphatic carbocycles. The molecule has 4 aliphatic rings. The van der Waals surface area contributed by atoms with Crippen LogP contribution >= 0.6 is 0 Å². The fraction of sp³-hybridized carbons (Fsp3) is 0.630. The van der Waals surface area contributed by atoms with Gasteiger partial charge in [0, 0.05) is 24.6 Å². The Morgan fingerprint density at radius 3 is 2.33 bits per heavy atom. The third kappa shape index (κ3) is 7.53. The largest absolute Gasteiger partial charge is 0.492 e. The molecule has 1 N–H and O–H groups in total. The summed E-state index contributed by atoms with van der Waals surface area (Å²) < 4.78 is 9.86. The van der Waals surface area contributed by atoms with Gasteiger partial charge in [-0.2, -0.15) is 0 Å². The van der Waals surface area contributed by atoms with E-state index in [0.717, 1.165) is 24.3 Å². The van der Waals surface area contributed by atoms with Crippen molar-refractivity contribution in [1.29, 1.82) is 0 Å². The highest BCUT2D eigenvalue weighted by molar-refractivity contribution is 6.05. The highest BCUT2D eigenvalue weighted by atomic mass is 16.5. The molecule has 2 unspecified atom stereocenters. The Labute approximate surface area is 213 Å². The van der Waals surface area contributed by atoms with Crippen molar-refractivity contribution in [2.24, 2.45) is 0 Å². The number of amides is 3. The smallest absolute Gasteiger partial charge is 0.292 e. The molecule has 3 aliphatic heterocycles. The molecule has 2 saturated heterocycles. The van der Waals surface area contributed by atoms with E-state index in [0.29, 0.717) is 37.6 Å². The van der Waals surface area contributed by atoms with Crippen LogP contribution in [-0.4, -0.2) is 73.4 Å². The van der Waals surface area contributed by atoms with Crippen molar-refractivity contribution >= 4 is 24.2 Å². The number of rotatable bonds is 5. The molecule has 0 spiro atoms. The molecule has 1 aromatic carbocycles. The van der Waals surface area contributed by atoms with Gasteiger partial charge in [-0.25, -0.2) is 0 Å². The van der Waals surface area contributed by atoms with Crippen molar-refractivity contribution < 1.29 is 28.7 Å². The Kier molecular flexibility index (Phi) is 10.7. The van der Waals surface area contributed by atoms with E-state index in [9.17, 15) is 14.4 Å². The lowest BCUT2D eigenvalue weighted by Gasteiger charge is -2.32. The number of fused-ring (bicyclic) bond motifs is 1. The summed E-state index contributed by atoms with van der Waals surface area (Å²) in [5.41, 5.74) is 1.49. The van der Waals surface area contributed by atoms with Gasteiger partial charge >= 0.3 is 0 Å². The maximum Gasteiger partial charge on any atom is 0.292 e. The fourth-order valence-corrected chi connectivity index (χ4v) is 5.07. The highest BCUT2D eigenvalue weighted by Gasteiger charge is 2.39. The molecule has 0 radical (unpaired) electrons. The maximum atomic E-state index is 12.7. The zero-order valence-corrected chi connectivity index (χ0v) is 21.5. The molecule has 0 bridgehead atoms. The number of methoxy groups -OCH3 is 1. The summed E-state index contributed by atoms with van der Waals surface area (Å²) in [7, 11) is 3.44. The number of hydrogen-bond acceptors (Lipinski definition) is 7. The van der Waals surface area contributed by atoms with Gasteiger partial charge in [0.2, 0.25) is 11.8 Å². The summed E-state index contributed by atoms with van der Waals surface area (Å²) in [4.78, 5) is 49.0. The number of likely N-dealkylation sites (tertiary alicyclic amines) is 1. The summed E-state index contributed by atoms with van der Waals surface area (Å²) >= 11 is 0. The molecule has 1 saturated carbocycles. The van der Waals surface area contributed by atoms with Crippen LogP contribution in [0.3, 0.4) is 0 Å². The van der Waals surface area contributed by atoms with Crippen molar-refractivity contribution in [2.45, 2.75) is 82.8 Å². The number of hydrogen-bond donors (Lipinski definition) is 1. The first-order valence-electron chi connectivity index (χ1n) is 13.0. The number of piperidine rings is 2. The van der Waals surface area contributed by atoms with E-state index in [1.807, 2.05) is 12.1 Å². The minimum atomic E-state index is -0.581. The molecule has 3 amide bonds. The molecule has 36 heavy (non-hydrogen) atoms. The van der Waals surface area contributed by atoms with E-state index < -0.39 is 6.04 Å². The van der Waals surface area contributed by atoms with Crippen LogP contribution in [-0.2, 0) is 25.7 Å². The molecule has 9 nitrogen and oxygen atoms in total. The normalized spacial score (nSPS) is 23.5. The minimum Gasteiger partial charge on any atom is -0.492 e. The van der Waals surface area contributed by atoms with E-state index in [-0.39, 0.29) is 24.1 Å². The van der Waals surface area contributed by atoms with Crippen LogP contribution in [0.2, 0.25) is 0 Å². The second-order valence-corrected chi connectivity index (χ2v) is 9.76. The number of carbonyl (C=O) groups is 4. The first-order chi connectivity index (χ1) is 17.4. The van der Waals surface area contributed by atoms with Crippen LogP contribution < -0.4 is 10.1 Å². The second-order valence-electron chi connectivity index (χ2n) is 9.76. The number of benzene rings is 1. The van der Waals surface area contributed by atoms with Crippen molar-refractivity contribution in [3.8, 4) is 5.75 Å². The Morgan fingerprint density at radius 2 is 1.72 bits per heavy atom. The average molecular weight is 502 g/mol. The standard InChI is InChI=1S/C20H25N3O4.C5H10.C2H4O2/c1-22-9-3-2-4-14(22)12-27-15-5-6-16-13(10-15)11-23(20(16)26)17-7-8-18(24)21-19(17)25;1-2-4-5-3-1;1-4-2-3/h5-6,10,14,17H,2-4,7-9,11-12H2,1H3,(H,21,24,25);1-5H2;2H,1H3. The van der Waals surface area contributed by atoms with E-state index >= 15 is 0 Å². The molecule has 5 rings (SSSR count). The topological polar surface area (TPSA) is 105 Å². The molecular formula is C27H39N3O6. The molecular weight excluding hydrogens is 462 g/mol. The number of ether oxygens (including phenoxy) is 2. The van der Waals surface area contributed by atoms with Gasteiger partial charge in [-0.05, 0) is 56.6 Å². The minimum absolute atomic E-state index is 0.155. The number of carbonyl (C=O) groups excluding carboxylic acids is 4. The maximum absolute atomic E-state index is 12.7. The van der Waals surface area contributed by atoms with E-state index in [4.69, 9.17) is 9.53 Å². The van der Waals surface area contributed by atoms with Crippen molar-refractivity contribution in [3.63, 3.8) is 0 Å². The van der Waals surface area contributed by atoms with Crippen LogP contribution in [0, 0.1) is 0 Å². The van der Waals surface area contributed by atoms with Gasteiger partial charge in [-0.15, -0.1) is 0 Å².